The summed E-state index contributed by atoms with van der Waals surface area (Å²) in [5.41, 5.74) is 23.1. The van der Waals surface area contributed by atoms with Gasteiger partial charge in [0, 0.05) is 124 Å². The first-order valence-corrected chi connectivity index (χ1v) is 13.8. The lowest BCUT2D eigenvalue weighted by Crippen LogP contribution is -2.47. The highest BCUT2D eigenvalue weighted by atomic mass is 15.3. The third-order valence-electron chi connectivity index (χ3n) is 6.03. The van der Waals surface area contributed by atoms with Crippen molar-refractivity contribution in [1.82, 2.24) is 35.6 Å². The molecule has 11 N–H and O–H groups in total. The molecule has 0 aromatic carbocycles. The number of hydrogen-bond acceptors (Lipinski definition) is 11. The molecule has 0 bridgehead atoms. The lowest BCUT2D eigenvalue weighted by atomic mass is 10.2. The van der Waals surface area contributed by atoms with Gasteiger partial charge < -0.3 is 38.9 Å². The van der Waals surface area contributed by atoms with Gasteiger partial charge in [-0.15, -0.1) is 0 Å². The van der Waals surface area contributed by atoms with Crippen LogP contribution in [0.4, 0.5) is 0 Å². The highest BCUT2D eigenvalue weighted by molar-refractivity contribution is 4.71. The third kappa shape index (κ3) is 21.4. The summed E-state index contributed by atoms with van der Waals surface area (Å²) in [6, 6.07) is 0. The van der Waals surface area contributed by atoms with Gasteiger partial charge in [0.1, 0.15) is 0 Å². The maximum absolute atomic E-state index is 5.89. The van der Waals surface area contributed by atoms with Gasteiger partial charge in [-0.3, -0.25) is 19.6 Å². The Morgan fingerprint density at radius 2 is 0.971 bits per heavy atom. The molecule has 11 heteroatoms. The zero-order chi connectivity index (χ0) is 26.2. The lowest BCUT2D eigenvalue weighted by Gasteiger charge is -2.31. The molecule has 0 saturated heterocycles. The van der Waals surface area contributed by atoms with Gasteiger partial charge in [0.15, 0.2) is 0 Å². The second-order valence-electron chi connectivity index (χ2n) is 9.66. The molecule has 0 atom stereocenters. The molecule has 0 amide bonds. The van der Waals surface area contributed by atoms with Gasteiger partial charge in [-0.1, -0.05) is 13.8 Å². The molecule has 0 aliphatic heterocycles. The van der Waals surface area contributed by atoms with E-state index in [-0.39, 0.29) is 0 Å². The monoisotopic (exact) mass is 504 g/mol. The van der Waals surface area contributed by atoms with E-state index >= 15 is 0 Å². The quantitative estimate of drug-likeness (QED) is 0.0454. The third-order valence-corrected chi connectivity index (χ3v) is 6.03. The minimum Gasteiger partial charge on any atom is -0.329 e. The van der Waals surface area contributed by atoms with E-state index in [1.54, 1.807) is 0 Å². The maximum atomic E-state index is 5.89. The largest absolute Gasteiger partial charge is 0.329 e. The fourth-order valence-corrected chi connectivity index (χ4v) is 3.92. The first-order valence-electron chi connectivity index (χ1n) is 13.8. The van der Waals surface area contributed by atoms with Gasteiger partial charge in [-0.05, 0) is 19.5 Å². The van der Waals surface area contributed by atoms with Crippen molar-refractivity contribution in [3.8, 4) is 0 Å². The Morgan fingerprint density at radius 3 is 1.43 bits per heavy atom. The van der Waals surface area contributed by atoms with Crippen LogP contribution in [0.15, 0.2) is 0 Å². The predicted octanol–water partition coefficient (Wildman–Crippen LogP) is -2.96. The summed E-state index contributed by atoms with van der Waals surface area (Å²) < 4.78 is 0. The van der Waals surface area contributed by atoms with Crippen molar-refractivity contribution in [2.75, 3.05) is 138 Å². The Morgan fingerprint density at radius 1 is 0.514 bits per heavy atom. The Labute approximate surface area is 216 Å². The summed E-state index contributed by atoms with van der Waals surface area (Å²) in [5.74, 6) is 0.647. The standard InChI is InChI=1S/C24H61N11/c1-24(2)22-31-23-35(13-7-28)21-20-34(15-10-30-8-4-25)19-18-33(14-9-29-3)17-16-32(11-5-26)12-6-27/h24,29-31H,4-23,25-28H2,1-3H3. The van der Waals surface area contributed by atoms with Crippen LogP contribution in [-0.2, 0) is 0 Å². The maximum Gasteiger partial charge on any atom is 0.0481 e. The first kappa shape index (κ1) is 34.6. The second-order valence-corrected chi connectivity index (χ2v) is 9.66. The predicted molar refractivity (Wildman–Crippen MR) is 152 cm³/mol. The molecule has 0 heterocycles. The second kappa shape index (κ2) is 25.2. The van der Waals surface area contributed by atoms with Crippen LogP contribution in [0.2, 0.25) is 0 Å². The van der Waals surface area contributed by atoms with E-state index in [1.165, 1.54) is 0 Å². The van der Waals surface area contributed by atoms with Crippen molar-refractivity contribution in [3.63, 3.8) is 0 Å². The molecule has 35 heavy (non-hydrogen) atoms. The SMILES string of the molecule is CNCCN(CCN(CCN)CCN)CCN(CCNCCN)CCN(CCN)CNCC(C)C. The van der Waals surface area contributed by atoms with Gasteiger partial charge in [-0.2, -0.15) is 0 Å². The fourth-order valence-electron chi connectivity index (χ4n) is 3.92. The molecule has 0 unspecified atom stereocenters. The zero-order valence-electron chi connectivity index (χ0n) is 23.3. The summed E-state index contributed by atoms with van der Waals surface area (Å²) in [6.07, 6.45) is 0. The molecular weight excluding hydrogens is 442 g/mol. The molecule has 212 valence electrons. The van der Waals surface area contributed by atoms with Crippen LogP contribution in [0.5, 0.6) is 0 Å². The molecule has 0 spiro atoms. The van der Waals surface area contributed by atoms with Crippen LogP contribution in [0.3, 0.4) is 0 Å². The lowest BCUT2D eigenvalue weighted by molar-refractivity contribution is 0.161. The topological polar surface area (TPSA) is 153 Å². The van der Waals surface area contributed by atoms with Gasteiger partial charge >= 0.3 is 0 Å². The van der Waals surface area contributed by atoms with Crippen LogP contribution >= 0.6 is 0 Å². The molecule has 0 aliphatic carbocycles. The number of likely N-dealkylation sites (N-methyl/N-ethyl adjacent to an activating group) is 1. The molecule has 0 aromatic rings. The fraction of sp³-hybridized carbons (Fsp3) is 1.00. The highest BCUT2D eigenvalue weighted by Crippen LogP contribution is 1.97. The first-order chi connectivity index (χ1) is 17.0. The van der Waals surface area contributed by atoms with Crippen molar-refractivity contribution < 1.29 is 0 Å². The molecule has 0 aromatic heterocycles. The number of nitrogens with two attached hydrogens (primary N) is 4. The Bertz CT molecular complexity index is 422. The summed E-state index contributed by atoms with van der Waals surface area (Å²) in [7, 11) is 2.02. The van der Waals surface area contributed by atoms with Crippen molar-refractivity contribution in [3.05, 3.63) is 0 Å². The van der Waals surface area contributed by atoms with Gasteiger partial charge in [0.25, 0.3) is 0 Å². The number of hydrogen-bond donors (Lipinski definition) is 7. The Hall–Kier alpha value is -0.440. The number of nitrogens with one attached hydrogen (secondary N) is 3. The van der Waals surface area contributed by atoms with Crippen LogP contribution in [0, 0.1) is 5.92 Å². The smallest absolute Gasteiger partial charge is 0.0481 e. The van der Waals surface area contributed by atoms with E-state index in [0.717, 1.165) is 105 Å². The van der Waals surface area contributed by atoms with Gasteiger partial charge in [-0.25, -0.2) is 0 Å². The van der Waals surface area contributed by atoms with E-state index < -0.39 is 0 Å². The molecule has 0 saturated carbocycles. The van der Waals surface area contributed by atoms with E-state index in [1.807, 2.05) is 7.05 Å². The summed E-state index contributed by atoms with van der Waals surface area (Å²) >= 11 is 0. The molecule has 0 radical (unpaired) electrons. The molecule has 0 rings (SSSR count). The molecule has 0 fully saturated rings. The van der Waals surface area contributed by atoms with E-state index in [4.69, 9.17) is 22.9 Å². The Balaban J connectivity index is 4.88. The highest BCUT2D eigenvalue weighted by Gasteiger charge is 2.13. The summed E-state index contributed by atoms with van der Waals surface area (Å²) in [5, 5.41) is 10.3. The number of nitrogens with zero attached hydrogens (tertiary/aromatic N) is 4. The van der Waals surface area contributed by atoms with Crippen LogP contribution < -0.4 is 38.9 Å². The van der Waals surface area contributed by atoms with Crippen molar-refractivity contribution in [1.29, 1.82) is 0 Å². The normalized spacial score (nSPS) is 12.3. The van der Waals surface area contributed by atoms with E-state index in [9.17, 15) is 0 Å². The molecule has 0 aliphatic rings. The van der Waals surface area contributed by atoms with Crippen LogP contribution in [0.1, 0.15) is 13.8 Å². The van der Waals surface area contributed by atoms with Crippen LogP contribution in [-0.4, -0.2) is 158 Å². The van der Waals surface area contributed by atoms with Crippen LogP contribution in [0.25, 0.3) is 0 Å². The van der Waals surface area contributed by atoms with Gasteiger partial charge in [0.2, 0.25) is 0 Å². The van der Waals surface area contributed by atoms with Crippen molar-refractivity contribution in [2.45, 2.75) is 13.8 Å². The Kier molecular flexibility index (Phi) is 24.9. The molecule has 11 nitrogen and oxygen atoms in total. The van der Waals surface area contributed by atoms with Gasteiger partial charge in [0.05, 0.1) is 0 Å². The van der Waals surface area contributed by atoms with E-state index in [2.05, 4.69) is 49.4 Å². The van der Waals surface area contributed by atoms with Crippen molar-refractivity contribution >= 4 is 0 Å². The minimum atomic E-state index is 0.647. The average molecular weight is 504 g/mol. The number of rotatable bonds is 27. The average Bonchev–Trinajstić information content (AvgIpc) is 2.83. The summed E-state index contributed by atoms with van der Waals surface area (Å²) in [6.45, 7) is 22.8. The van der Waals surface area contributed by atoms with E-state index in [0.29, 0.717) is 32.1 Å². The zero-order valence-corrected chi connectivity index (χ0v) is 23.3. The van der Waals surface area contributed by atoms with Crippen molar-refractivity contribution in [2.24, 2.45) is 28.9 Å². The minimum absolute atomic E-state index is 0.647. The summed E-state index contributed by atoms with van der Waals surface area (Å²) in [4.78, 5) is 9.92. The molecular formula is C24H61N11.